The van der Waals surface area contributed by atoms with Gasteiger partial charge in [0.25, 0.3) is 0 Å². The maximum Gasteiger partial charge on any atom is 0.224 e. The predicted octanol–water partition coefficient (Wildman–Crippen LogP) is 2.38. The van der Waals surface area contributed by atoms with Gasteiger partial charge in [0, 0.05) is 12.6 Å². The zero-order valence-corrected chi connectivity index (χ0v) is 15.0. The van der Waals surface area contributed by atoms with Crippen LogP contribution in [0.3, 0.4) is 0 Å². The molecule has 1 N–H and O–H groups in total. The molecule has 0 aliphatic carbocycles. The highest BCUT2D eigenvalue weighted by Crippen LogP contribution is 2.30. The fourth-order valence-corrected chi connectivity index (χ4v) is 2.84. The van der Waals surface area contributed by atoms with Gasteiger partial charge in [0.2, 0.25) is 5.91 Å². The average Bonchev–Trinajstić information content (AvgIpc) is 2.68. The van der Waals surface area contributed by atoms with Crippen molar-refractivity contribution < 1.29 is 23.7 Å². The summed E-state index contributed by atoms with van der Waals surface area (Å²) in [5.74, 6) is 2.89. The van der Waals surface area contributed by atoms with Crippen molar-refractivity contribution in [2.75, 3.05) is 34.0 Å². The van der Waals surface area contributed by atoms with E-state index in [1.54, 1.807) is 14.2 Å². The van der Waals surface area contributed by atoms with Gasteiger partial charge in [-0.3, -0.25) is 4.79 Å². The lowest BCUT2D eigenvalue weighted by Gasteiger charge is -2.18. The summed E-state index contributed by atoms with van der Waals surface area (Å²) in [6.07, 6.45) is 0.983. The Kier molecular flexibility index (Phi) is 5.84. The van der Waals surface area contributed by atoms with Crippen LogP contribution >= 0.6 is 0 Å². The molecule has 0 radical (unpaired) electrons. The van der Waals surface area contributed by atoms with Crippen LogP contribution in [-0.4, -0.2) is 39.9 Å². The van der Waals surface area contributed by atoms with Gasteiger partial charge in [-0.15, -0.1) is 0 Å². The molecule has 1 amide bonds. The molecular formula is C20H23NO5. The number of carbonyl (C=O) groups excluding carboxylic acids is 1. The minimum atomic E-state index is -0.0332. The van der Waals surface area contributed by atoms with Crippen LogP contribution in [0.2, 0.25) is 0 Å². The molecule has 0 atom stereocenters. The summed E-state index contributed by atoms with van der Waals surface area (Å²) in [6, 6.07) is 11.3. The standard InChI is InChI=1S/C20H23NO5/c1-23-16-5-4-15(18(13-16)24-2)7-8-21-20(22)12-14-3-6-17-19(11-14)26-10-9-25-17/h3-6,11,13H,7-10,12H2,1-2H3,(H,21,22). The van der Waals surface area contributed by atoms with Crippen molar-refractivity contribution in [3.8, 4) is 23.0 Å². The highest BCUT2D eigenvalue weighted by Gasteiger charge is 2.13. The number of nitrogens with one attached hydrogen (secondary N) is 1. The molecule has 1 heterocycles. The zero-order valence-electron chi connectivity index (χ0n) is 15.0. The first-order chi connectivity index (χ1) is 12.7. The maximum atomic E-state index is 12.2. The zero-order chi connectivity index (χ0) is 18.4. The minimum Gasteiger partial charge on any atom is -0.497 e. The van der Waals surface area contributed by atoms with Crippen molar-refractivity contribution in [2.24, 2.45) is 0 Å². The minimum absolute atomic E-state index is 0.0332. The number of carbonyl (C=O) groups is 1. The molecule has 2 aromatic carbocycles. The molecule has 0 unspecified atom stereocenters. The van der Waals surface area contributed by atoms with Crippen LogP contribution in [0.15, 0.2) is 36.4 Å². The van der Waals surface area contributed by atoms with Crippen LogP contribution in [0.25, 0.3) is 0 Å². The molecular weight excluding hydrogens is 334 g/mol. The van der Waals surface area contributed by atoms with Gasteiger partial charge >= 0.3 is 0 Å². The third-order valence-corrected chi connectivity index (χ3v) is 4.18. The summed E-state index contributed by atoms with van der Waals surface area (Å²) in [5, 5.41) is 2.94. The highest BCUT2D eigenvalue weighted by atomic mass is 16.6. The lowest BCUT2D eigenvalue weighted by molar-refractivity contribution is -0.120. The molecule has 6 heteroatoms. The van der Waals surface area contributed by atoms with Crippen molar-refractivity contribution >= 4 is 5.91 Å². The average molecular weight is 357 g/mol. The van der Waals surface area contributed by atoms with Crippen LogP contribution in [0.5, 0.6) is 23.0 Å². The monoisotopic (exact) mass is 357 g/mol. The molecule has 1 aliphatic rings. The van der Waals surface area contributed by atoms with Gasteiger partial charge in [0.05, 0.1) is 20.6 Å². The summed E-state index contributed by atoms with van der Waals surface area (Å²) >= 11 is 0. The van der Waals surface area contributed by atoms with E-state index in [1.165, 1.54) is 0 Å². The SMILES string of the molecule is COc1ccc(CCNC(=O)Cc2ccc3c(c2)OCCO3)c(OC)c1. The normalized spacial score (nSPS) is 12.4. The number of fused-ring (bicyclic) bond motifs is 1. The molecule has 3 rings (SSSR count). The van der Waals surface area contributed by atoms with Gasteiger partial charge in [-0.05, 0) is 35.7 Å². The summed E-state index contributed by atoms with van der Waals surface area (Å²) in [4.78, 5) is 12.2. The Hall–Kier alpha value is -2.89. The van der Waals surface area contributed by atoms with Crippen molar-refractivity contribution in [3.63, 3.8) is 0 Å². The Morgan fingerprint density at radius 2 is 1.85 bits per heavy atom. The fraction of sp³-hybridized carbons (Fsp3) is 0.350. The van der Waals surface area contributed by atoms with Gasteiger partial charge in [0.1, 0.15) is 24.7 Å². The molecule has 26 heavy (non-hydrogen) atoms. The number of hydrogen-bond acceptors (Lipinski definition) is 5. The van der Waals surface area contributed by atoms with Crippen LogP contribution in [0.4, 0.5) is 0 Å². The number of ether oxygens (including phenoxy) is 4. The smallest absolute Gasteiger partial charge is 0.224 e. The van der Waals surface area contributed by atoms with E-state index in [2.05, 4.69) is 5.32 Å². The lowest BCUT2D eigenvalue weighted by Crippen LogP contribution is -2.27. The number of methoxy groups -OCH3 is 2. The number of hydrogen-bond donors (Lipinski definition) is 1. The Labute approximate surface area is 153 Å². The molecule has 2 aromatic rings. The topological polar surface area (TPSA) is 66.0 Å². The third-order valence-electron chi connectivity index (χ3n) is 4.18. The van der Waals surface area contributed by atoms with Crippen molar-refractivity contribution in [3.05, 3.63) is 47.5 Å². The molecule has 0 bridgehead atoms. The van der Waals surface area contributed by atoms with Gasteiger partial charge in [-0.2, -0.15) is 0 Å². The molecule has 0 saturated heterocycles. The van der Waals surface area contributed by atoms with Gasteiger partial charge in [-0.1, -0.05) is 12.1 Å². The van der Waals surface area contributed by atoms with Crippen molar-refractivity contribution in [2.45, 2.75) is 12.8 Å². The number of rotatable bonds is 7. The highest BCUT2D eigenvalue weighted by molar-refractivity contribution is 5.78. The molecule has 0 fully saturated rings. The van der Waals surface area contributed by atoms with E-state index in [9.17, 15) is 4.79 Å². The Morgan fingerprint density at radius 3 is 2.62 bits per heavy atom. The Morgan fingerprint density at radius 1 is 1.04 bits per heavy atom. The van der Waals surface area contributed by atoms with E-state index in [0.717, 1.165) is 28.4 Å². The van der Waals surface area contributed by atoms with Crippen molar-refractivity contribution in [1.82, 2.24) is 5.32 Å². The fourth-order valence-electron chi connectivity index (χ4n) is 2.84. The molecule has 6 nitrogen and oxygen atoms in total. The van der Waals surface area contributed by atoms with Gasteiger partial charge in [0.15, 0.2) is 11.5 Å². The summed E-state index contributed by atoms with van der Waals surface area (Å²) < 4.78 is 21.6. The third kappa shape index (κ3) is 4.39. The van der Waals surface area contributed by atoms with Crippen LogP contribution in [-0.2, 0) is 17.6 Å². The number of benzene rings is 2. The Bertz CT molecular complexity index is 775. The van der Waals surface area contributed by atoms with Gasteiger partial charge < -0.3 is 24.3 Å². The second-order valence-electron chi connectivity index (χ2n) is 5.93. The van der Waals surface area contributed by atoms with Crippen LogP contribution < -0.4 is 24.3 Å². The first kappa shape index (κ1) is 17.9. The maximum absolute atomic E-state index is 12.2. The van der Waals surface area contributed by atoms with E-state index >= 15 is 0 Å². The first-order valence-corrected chi connectivity index (χ1v) is 8.55. The van der Waals surface area contributed by atoms with Gasteiger partial charge in [-0.25, -0.2) is 0 Å². The summed E-state index contributed by atoms with van der Waals surface area (Å²) in [7, 11) is 3.24. The van der Waals surface area contributed by atoms with Crippen molar-refractivity contribution in [1.29, 1.82) is 0 Å². The second kappa shape index (κ2) is 8.47. The molecule has 0 aromatic heterocycles. The molecule has 0 saturated carbocycles. The largest absolute Gasteiger partial charge is 0.497 e. The van der Waals surface area contributed by atoms with E-state index in [0.29, 0.717) is 38.3 Å². The Balaban J connectivity index is 1.52. The molecule has 1 aliphatic heterocycles. The predicted molar refractivity (Wildman–Crippen MR) is 97.4 cm³/mol. The van der Waals surface area contributed by atoms with E-state index < -0.39 is 0 Å². The summed E-state index contributed by atoms with van der Waals surface area (Å²) in [5.41, 5.74) is 1.92. The van der Waals surface area contributed by atoms with E-state index in [-0.39, 0.29) is 5.91 Å². The number of amides is 1. The van der Waals surface area contributed by atoms with Crippen LogP contribution in [0, 0.1) is 0 Å². The quantitative estimate of drug-likeness (QED) is 0.824. The summed E-state index contributed by atoms with van der Waals surface area (Å²) in [6.45, 7) is 1.63. The van der Waals surface area contributed by atoms with Crippen LogP contribution in [0.1, 0.15) is 11.1 Å². The lowest BCUT2D eigenvalue weighted by atomic mass is 10.1. The van der Waals surface area contributed by atoms with E-state index in [1.807, 2.05) is 36.4 Å². The second-order valence-corrected chi connectivity index (χ2v) is 5.93. The first-order valence-electron chi connectivity index (χ1n) is 8.55. The molecule has 138 valence electrons. The van der Waals surface area contributed by atoms with E-state index in [4.69, 9.17) is 18.9 Å². The molecule has 0 spiro atoms.